The number of para-hydroxylation sites is 1. The molecule has 3 rings (SSSR count). The highest BCUT2D eigenvalue weighted by Crippen LogP contribution is 2.36. The van der Waals surface area contributed by atoms with E-state index < -0.39 is 0 Å². The molecule has 0 spiro atoms. The highest BCUT2D eigenvalue weighted by atomic mass is 15.1. The lowest BCUT2D eigenvalue weighted by atomic mass is 9.87. The van der Waals surface area contributed by atoms with Crippen molar-refractivity contribution in [3.63, 3.8) is 0 Å². The molecule has 0 bridgehead atoms. The smallest absolute Gasteiger partial charge is 0.0408 e. The molecule has 0 amide bonds. The quantitative estimate of drug-likeness (QED) is 0.752. The number of piperidine rings is 1. The summed E-state index contributed by atoms with van der Waals surface area (Å²) in [5.41, 5.74) is 3.87. The van der Waals surface area contributed by atoms with Crippen LogP contribution in [0.2, 0.25) is 0 Å². The summed E-state index contributed by atoms with van der Waals surface area (Å²) in [7, 11) is 0. The van der Waals surface area contributed by atoms with Gasteiger partial charge in [-0.05, 0) is 30.5 Å². The van der Waals surface area contributed by atoms with Gasteiger partial charge >= 0.3 is 0 Å². The molecular weight excluding hydrogens is 230 g/mol. The first kappa shape index (κ1) is 12.0. The third-order valence-corrected chi connectivity index (χ3v) is 3.89. The average Bonchev–Trinajstić information content (AvgIpc) is 2.49. The Morgan fingerprint density at radius 1 is 0.895 bits per heavy atom. The molecule has 19 heavy (non-hydrogen) atoms. The first-order valence-electron chi connectivity index (χ1n) is 6.92. The normalized spacial score (nSPS) is 19.5. The molecular formula is C18H19N. The van der Waals surface area contributed by atoms with Crippen LogP contribution >= 0.6 is 0 Å². The second kappa shape index (κ2) is 5.31. The van der Waals surface area contributed by atoms with E-state index in [0.717, 1.165) is 6.54 Å². The van der Waals surface area contributed by atoms with Crippen LogP contribution in [-0.2, 0) is 0 Å². The van der Waals surface area contributed by atoms with E-state index >= 15 is 0 Å². The van der Waals surface area contributed by atoms with Crippen molar-refractivity contribution in [1.29, 1.82) is 0 Å². The summed E-state index contributed by atoms with van der Waals surface area (Å²) in [6.07, 6.45) is 2.42. The van der Waals surface area contributed by atoms with E-state index in [9.17, 15) is 0 Å². The third-order valence-electron chi connectivity index (χ3n) is 3.89. The topological polar surface area (TPSA) is 3.24 Å². The van der Waals surface area contributed by atoms with Gasteiger partial charge in [-0.1, -0.05) is 55.1 Å². The van der Waals surface area contributed by atoms with Crippen LogP contribution in [-0.4, -0.2) is 6.54 Å². The highest BCUT2D eigenvalue weighted by molar-refractivity contribution is 5.54. The number of hydrogen-bond acceptors (Lipinski definition) is 1. The zero-order valence-corrected chi connectivity index (χ0v) is 11.1. The summed E-state index contributed by atoms with van der Waals surface area (Å²) < 4.78 is 0. The minimum absolute atomic E-state index is 0.454. The molecule has 1 fully saturated rings. The van der Waals surface area contributed by atoms with Crippen LogP contribution in [0.4, 0.5) is 5.69 Å². The molecule has 1 aliphatic rings. The monoisotopic (exact) mass is 249 g/mol. The van der Waals surface area contributed by atoms with E-state index in [1.165, 1.54) is 29.8 Å². The Balaban J connectivity index is 1.88. The maximum atomic E-state index is 4.36. The lowest BCUT2D eigenvalue weighted by molar-refractivity contribution is 0.575. The molecule has 1 saturated heterocycles. The van der Waals surface area contributed by atoms with E-state index in [0.29, 0.717) is 5.92 Å². The van der Waals surface area contributed by atoms with Gasteiger partial charge in [-0.25, -0.2) is 0 Å². The van der Waals surface area contributed by atoms with Crippen molar-refractivity contribution in [3.05, 3.63) is 78.5 Å². The Bertz CT molecular complexity index is 495. The molecule has 0 aliphatic carbocycles. The summed E-state index contributed by atoms with van der Waals surface area (Å²) in [6, 6.07) is 21.3. The number of hydrogen-bond donors (Lipinski definition) is 0. The molecule has 0 N–H and O–H groups in total. The van der Waals surface area contributed by atoms with Crippen LogP contribution in [0.15, 0.2) is 72.9 Å². The molecule has 0 radical (unpaired) electrons. The van der Waals surface area contributed by atoms with Crippen molar-refractivity contribution >= 4 is 5.69 Å². The highest BCUT2D eigenvalue weighted by Gasteiger charge is 2.25. The number of rotatable bonds is 2. The average molecular weight is 249 g/mol. The zero-order chi connectivity index (χ0) is 13.1. The first-order chi connectivity index (χ1) is 9.36. The lowest BCUT2D eigenvalue weighted by Crippen LogP contribution is -2.31. The number of allylic oxidation sites excluding steroid dienone is 1. The van der Waals surface area contributed by atoms with Crippen molar-refractivity contribution in [2.45, 2.75) is 18.8 Å². The molecule has 2 aromatic rings. The van der Waals surface area contributed by atoms with Gasteiger partial charge in [0, 0.05) is 23.8 Å². The Labute approximate surface area is 115 Å². The van der Waals surface area contributed by atoms with Gasteiger partial charge in [0.25, 0.3) is 0 Å². The van der Waals surface area contributed by atoms with Crippen LogP contribution in [0.25, 0.3) is 0 Å². The van der Waals surface area contributed by atoms with Crippen molar-refractivity contribution in [3.8, 4) is 0 Å². The molecule has 0 aromatic heterocycles. The molecule has 2 aromatic carbocycles. The third kappa shape index (κ3) is 2.41. The van der Waals surface area contributed by atoms with E-state index in [-0.39, 0.29) is 0 Å². The fraction of sp³-hybridized carbons (Fsp3) is 0.222. The predicted octanol–water partition coefficient (Wildman–Crippen LogP) is 4.58. The van der Waals surface area contributed by atoms with E-state index in [1.807, 2.05) is 0 Å². The molecule has 1 atom stereocenters. The van der Waals surface area contributed by atoms with Gasteiger partial charge in [0.2, 0.25) is 0 Å². The van der Waals surface area contributed by atoms with Crippen molar-refractivity contribution in [2.75, 3.05) is 11.4 Å². The van der Waals surface area contributed by atoms with Crippen LogP contribution in [0, 0.1) is 0 Å². The summed E-state index contributed by atoms with van der Waals surface area (Å²) in [5, 5.41) is 0. The van der Waals surface area contributed by atoms with Crippen molar-refractivity contribution in [1.82, 2.24) is 0 Å². The summed E-state index contributed by atoms with van der Waals surface area (Å²) in [5.74, 6) is 0.454. The van der Waals surface area contributed by atoms with Crippen LogP contribution < -0.4 is 4.90 Å². The fourth-order valence-electron chi connectivity index (χ4n) is 2.90. The van der Waals surface area contributed by atoms with E-state index in [1.54, 1.807) is 0 Å². The zero-order valence-electron chi connectivity index (χ0n) is 11.1. The SMILES string of the molecule is C=C1C(c2ccccc2)CCCN1c1ccccc1. The largest absolute Gasteiger partial charge is 0.345 e. The standard InChI is InChI=1S/C18H19N/c1-15-18(16-9-4-2-5-10-16)13-8-14-19(15)17-11-6-3-7-12-17/h2-7,9-12,18H,1,8,13-14H2. The number of benzene rings is 2. The number of nitrogens with zero attached hydrogens (tertiary/aromatic N) is 1. The second-order valence-corrected chi connectivity index (χ2v) is 5.08. The first-order valence-corrected chi connectivity index (χ1v) is 6.92. The summed E-state index contributed by atoms with van der Waals surface area (Å²) >= 11 is 0. The Kier molecular flexibility index (Phi) is 3.37. The van der Waals surface area contributed by atoms with Crippen LogP contribution in [0.1, 0.15) is 24.3 Å². The van der Waals surface area contributed by atoms with Crippen LogP contribution in [0.3, 0.4) is 0 Å². The van der Waals surface area contributed by atoms with Gasteiger partial charge in [0.15, 0.2) is 0 Å². The Hall–Kier alpha value is -2.02. The summed E-state index contributed by atoms with van der Waals surface area (Å²) in [6.45, 7) is 5.43. The van der Waals surface area contributed by atoms with Gasteiger partial charge in [-0.3, -0.25) is 0 Å². The van der Waals surface area contributed by atoms with Crippen LogP contribution in [0.5, 0.6) is 0 Å². The number of anilines is 1. The molecule has 1 nitrogen and oxygen atoms in total. The van der Waals surface area contributed by atoms with Gasteiger partial charge in [0.05, 0.1) is 0 Å². The lowest BCUT2D eigenvalue weighted by Gasteiger charge is -2.37. The van der Waals surface area contributed by atoms with E-state index in [4.69, 9.17) is 0 Å². The molecule has 1 heteroatoms. The van der Waals surface area contributed by atoms with Crippen molar-refractivity contribution < 1.29 is 0 Å². The van der Waals surface area contributed by atoms with E-state index in [2.05, 4.69) is 72.1 Å². The Morgan fingerprint density at radius 3 is 2.21 bits per heavy atom. The molecule has 96 valence electrons. The van der Waals surface area contributed by atoms with Gasteiger partial charge in [-0.15, -0.1) is 0 Å². The molecule has 1 aliphatic heterocycles. The van der Waals surface area contributed by atoms with Crippen molar-refractivity contribution in [2.24, 2.45) is 0 Å². The predicted molar refractivity (Wildman–Crippen MR) is 81.3 cm³/mol. The molecule has 0 saturated carbocycles. The molecule has 1 heterocycles. The summed E-state index contributed by atoms with van der Waals surface area (Å²) in [4.78, 5) is 2.36. The second-order valence-electron chi connectivity index (χ2n) is 5.08. The minimum atomic E-state index is 0.454. The maximum Gasteiger partial charge on any atom is 0.0408 e. The van der Waals surface area contributed by atoms with Gasteiger partial charge < -0.3 is 4.90 Å². The maximum absolute atomic E-state index is 4.36. The van der Waals surface area contributed by atoms with Gasteiger partial charge in [-0.2, -0.15) is 0 Å². The fourth-order valence-corrected chi connectivity index (χ4v) is 2.90. The molecule has 1 unspecified atom stereocenters. The Morgan fingerprint density at radius 2 is 1.53 bits per heavy atom. The minimum Gasteiger partial charge on any atom is -0.345 e. The van der Waals surface area contributed by atoms with Gasteiger partial charge in [0.1, 0.15) is 0 Å².